The predicted molar refractivity (Wildman–Crippen MR) is 138 cm³/mol. The fourth-order valence-electron chi connectivity index (χ4n) is 8.65. The van der Waals surface area contributed by atoms with Crippen LogP contribution in [0.3, 0.4) is 0 Å². The van der Waals surface area contributed by atoms with Gasteiger partial charge in [-0.1, -0.05) is 44.6 Å². The highest BCUT2D eigenvalue weighted by Gasteiger charge is 2.64. The molecule has 35 heavy (non-hydrogen) atoms. The smallest absolute Gasteiger partial charge is 0.169 e. The minimum Gasteiger partial charge on any atom is -0.494 e. The molecule has 4 heteroatoms. The Bertz CT molecular complexity index is 998. The summed E-state index contributed by atoms with van der Waals surface area (Å²) in [5, 5.41) is 11.4. The highest BCUT2D eigenvalue weighted by atomic mass is 16.6. The summed E-state index contributed by atoms with van der Waals surface area (Å²) in [4.78, 5) is 12.7. The lowest BCUT2D eigenvalue weighted by Crippen LogP contribution is -2.54. The van der Waals surface area contributed by atoms with Crippen LogP contribution in [0.5, 0.6) is 5.75 Å². The van der Waals surface area contributed by atoms with Crippen molar-refractivity contribution in [2.45, 2.75) is 98.4 Å². The zero-order valence-electron chi connectivity index (χ0n) is 22.4. The van der Waals surface area contributed by atoms with Gasteiger partial charge in [0.25, 0.3) is 0 Å². The number of carbonyl (C=O) groups excluding carboxylic acids is 1. The van der Waals surface area contributed by atoms with E-state index in [0.29, 0.717) is 49.6 Å². The van der Waals surface area contributed by atoms with E-state index in [1.807, 2.05) is 38.1 Å². The number of rotatable bonds is 6. The number of Topliss-reactive ketones (excluding diaryl/α,β-unsaturated/α-hetero) is 1. The van der Waals surface area contributed by atoms with Crippen LogP contribution in [0.25, 0.3) is 0 Å². The first kappa shape index (κ1) is 25.0. The number of hydrogen-bond donors (Lipinski definition) is 1. The van der Waals surface area contributed by atoms with E-state index < -0.39 is 5.79 Å². The van der Waals surface area contributed by atoms with Gasteiger partial charge in [0.1, 0.15) is 11.5 Å². The molecule has 0 aromatic heterocycles. The monoisotopic (exact) mass is 480 g/mol. The maximum Gasteiger partial charge on any atom is 0.169 e. The second-order valence-corrected chi connectivity index (χ2v) is 12.6. The number of hydrogen-bond acceptors (Lipinski definition) is 4. The van der Waals surface area contributed by atoms with Gasteiger partial charge in [-0.2, -0.15) is 0 Å². The minimum absolute atomic E-state index is 0.123. The number of benzene rings is 1. The van der Waals surface area contributed by atoms with Crippen LogP contribution in [0.1, 0.15) is 91.5 Å². The summed E-state index contributed by atoms with van der Waals surface area (Å²) < 4.78 is 11.7. The molecule has 0 bridgehead atoms. The third-order valence-corrected chi connectivity index (χ3v) is 11.3. The fraction of sp³-hybridized carbons (Fsp3) is 0.710. The van der Waals surface area contributed by atoms with Gasteiger partial charge in [-0.25, -0.2) is 0 Å². The van der Waals surface area contributed by atoms with Gasteiger partial charge in [0.15, 0.2) is 5.79 Å². The molecule has 4 nitrogen and oxygen atoms in total. The maximum atomic E-state index is 12.7. The Morgan fingerprint density at radius 3 is 2.43 bits per heavy atom. The number of fused-ring (bicyclic) bond motifs is 5. The molecule has 1 N–H and O–H groups in total. The molecule has 0 spiro atoms. The molecule has 3 fully saturated rings. The lowest BCUT2D eigenvalue weighted by Gasteiger charge is -2.60. The number of carbonyl (C=O) groups is 1. The summed E-state index contributed by atoms with van der Waals surface area (Å²) in [7, 11) is 0. The number of aliphatic hydroxyl groups is 1. The van der Waals surface area contributed by atoms with Gasteiger partial charge in [0.05, 0.1) is 13.2 Å². The zero-order chi connectivity index (χ0) is 25.1. The van der Waals surface area contributed by atoms with Crippen molar-refractivity contribution in [3.63, 3.8) is 0 Å². The number of allylic oxidation sites excluding steroid dienone is 1. The van der Waals surface area contributed by atoms with E-state index in [1.165, 1.54) is 18.4 Å². The Labute approximate surface area is 211 Å². The van der Waals surface area contributed by atoms with Crippen molar-refractivity contribution in [2.24, 2.45) is 34.0 Å². The van der Waals surface area contributed by atoms with Crippen LogP contribution < -0.4 is 4.74 Å². The van der Waals surface area contributed by atoms with Crippen LogP contribution >= 0.6 is 0 Å². The molecular weight excluding hydrogens is 436 g/mol. The van der Waals surface area contributed by atoms with Gasteiger partial charge >= 0.3 is 0 Å². The Hall–Kier alpha value is -1.65. The summed E-state index contributed by atoms with van der Waals surface area (Å²) in [6.45, 7) is 12.0. The summed E-state index contributed by atoms with van der Waals surface area (Å²) in [6.07, 6.45) is 10.3. The molecule has 192 valence electrons. The van der Waals surface area contributed by atoms with E-state index in [4.69, 9.17) is 9.47 Å². The van der Waals surface area contributed by atoms with E-state index in [1.54, 1.807) is 0 Å². The quantitative estimate of drug-likeness (QED) is 0.357. The first-order valence-corrected chi connectivity index (χ1v) is 13.8. The fourth-order valence-corrected chi connectivity index (χ4v) is 8.65. The molecule has 5 rings (SSSR count). The van der Waals surface area contributed by atoms with Gasteiger partial charge in [0.2, 0.25) is 0 Å². The van der Waals surface area contributed by atoms with Crippen molar-refractivity contribution in [1.29, 1.82) is 0 Å². The van der Waals surface area contributed by atoms with Crippen molar-refractivity contribution >= 4 is 5.78 Å². The Morgan fingerprint density at radius 2 is 1.74 bits per heavy atom. The molecule has 0 radical (unpaired) electrons. The molecular formula is C31H44O4. The van der Waals surface area contributed by atoms with Crippen molar-refractivity contribution < 1.29 is 19.4 Å². The average molecular weight is 481 g/mol. The summed E-state index contributed by atoms with van der Waals surface area (Å²) >= 11 is 0. The second kappa shape index (κ2) is 8.73. The van der Waals surface area contributed by atoms with Crippen molar-refractivity contribution in [3.8, 4) is 5.75 Å². The van der Waals surface area contributed by atoms with Crippen LogP contribution in [0.15, 0.2) is 35.9 Å². The van der Waals surface area contributed by atoms with Crippen LogP contribution in [-0.4, -0.2) is 23.3 Å². The molecule has 3 saturated carbocycles. The Balaban J connectivity index is 1.30. The highest BCUT2D eigenvalue weighted by molar-refractivity contribution is 5.83. The average Bonchev–Trinajstić information content (AvgIpc) is 3.11. The van der Waals surface area contributed by atoms with E-state index in [-0.39, 0.29) is 16.2 Å². The Morgan fingerprint density at radius 1 is 1.03 bits per heavy atom. The molecule has 7 atom stereocenters. The highest BCUT2D eigenvalue weighted by Crippen LogP contribution is 2.70. The molecule has 7 unspecified atom stereocenters. The van der Waals surface area contributed by atoms with Gasteiger partial charge < -0.3 is 14.6 Å². The Kier molecular flexibility index (Phi) is 6.24. The van der Waals surface area contributed by atoms with E-state index in [0.717, 1.165) is 37.0 Å². The normalized spacial score (nSPS) is 42.5. The maximum absolute atomic E-state index is 12.7. The molecule has 0 amide bonds. The largest absolute Gasteiger partial charge is 0.494 e. The van der Waals surface area contributed by atoms with E-state index in [2.05, 4.69) is 26.8 Å². The van der Waals surface area contributed by atoms with Gasteiger partial charge in [-0.3, -0.25) is 4.79 Å². The van der Waals surface area contributed by atoms with Crippen LogP contribution in [0, 0.1) is 34.0 Å². The topological polar surface area (TPSA) is 55.8 Å². The molecule has 4 aliphatic carbocycles. The number of ether oxygens (including phenoxy) is 2. The van der Waals surface area contributed by atoms with Gasteiger partial charge in [-0.05, 0) is 98.7 Å². The van der Waals surface area contributed by atoms with Gasteiger partial charge in [0, 0.05) is 18.3 Å². The lowest BCUT2D eigenvalue weighted by molar-refractivity contribution is -0.231. The van der Waals surface area contributed by atoms with E-state index in [9.17, 15) is 9.90 Å². The van der Waals surface area contributed by atoms with Crippen molar-refractivity contribution in [3.05, 3.63) is 41.5 Å². The molecule has 0 aliphatic heterocycles. The summed E-state index contributed by atoms with van der Waals surface area (Å²) in [6, 6.07) is 7.96. The van der Waals surface area contributed by atoms with Crippen LogP contribution in [0.2, 0.25) is 0 Å². The lowest BCUT2D eigenvalue weighted by atomic mass is 9.45. The van der Waals surface area contributed by atoms with Crippen molar-refractivity contribution in [2.75, 3.05) is 6.61 Å². The molecule has 0 saturated heterocycles. The summed E-state index contributed by atoms with van der Waals surface area (Å²) in [5.41, 5.74) is 2.53. The van der Waals surface area contributed by atoms with Gasteiger partial charge in [-0.15, -0.1) is 0 Å². The van der Waals surface area contributed by atoms with Crippen LogP contribution in [-0.2, 0) is 16.1 Å². The second-order valence-electron chi connectivity index (χ2n) is 12.6. The molecule has 0 heterocycles. The SMILES string of the molecule is CCOc1ccc(COC2(O)CCC3(C)C(=CCC4C3CCC3(C)C4CCC3(C)C(C)=O)C2)cc1. The molecule has 1 aromatic rings. The third kappa shape index (κ3) is 3.91. The standard InChI is InChI=1S/C31H44O4/c1-6-34-24-10-7-22(8-11-24)20-35-31(33)18-17-28(3)23(19-31)9-12-25-26(28)13-16-30(5)27(25)14-15-29(30,4)21(2)32/h7-11,25-27,33H,6,12-20H2,1-5H3. The first-order valence-electron chi connectivity index (χ1n) is 13.8. The van der Waals surface area contributed by atoms with Crippen molar-refractivity contribution in [1.82, 2.24) is 0 Å². The molecule has 4 aliphatic rings. The number of ketones is 1. The summed E-state index contributed by atoms with van der Waals surface area (Å²) in [5.74, 6) is 2.07. The predicted octanol–water partition coefficient (Wildman–Crippen LogP) is 6.85. The minimum atomic E-state index is -1.10. The zero-order valence-corrected chi connectivity index (χ0v) is 22.4. The third-order valence-electron chi connectivity index (χ3n) is 11.3. The van der Waals surface area contributed by atoms with Crippen LogP contribution in [0.4, 0.5) is 0 Å². The first-order chi connectivity index (χ1) is 16.5. The van der Waals surface area contributed by atoms with E-state index >= 15 is 0 Å². The molecule has 1 aromatic carbocycles.